The van der Waals surface area contributed by atoms with E-state index in [-0.39, 0.29) is 18.1 Å². The number of nitrogens with zero attached hydrogens (tertiary/aromatic N) is 2. The standard InChI is InChI=1S/C18H19N3O4S2/c1-10-12(3)27-17-16(10)18(24)21(9-19-17)7-15(23)25-8-14(22)20-11(2)13-5-4-6-26-13/h4-6,9,11H,7-8H2,1-3H3,(H,20,22)/t11-/m1/s1. The zero-order valence-corrected chi connectivity index (χ0v) is 16.8. The Morgan fingerprint density at radius 1 is 1.37 bits per heavy atom. The van der Waals surface area contributed by atoms with E-state index in [1.807, 2.05) is 38.3 Å². The monoisotopic (exact) mass is 405 g/mol. The van der Waals surface area contributed by atoms with Gasteiger partial charge in [0.15, 0.2) is 6.61 Å². The van der Waals surface area contributed by atoms with Crippen LogP contribution in [0.5, 0.6) is 0 Å². The Labute approximate surface area is 163 Å². The van der Waals surface area contributed by atoms with E-state index in [0.29, 0.717) is 10.2 Å². The van der Waals surface area contributed by atoms with Crippen LogP contribution in [0.4, 0.5) is 0 Å². The minimum Gasteiger partial charge on any atom is -0.454 e. The number of hydrogen-bond acceptors (Lipinski definition) is 7. The fraction of sp³-hybridized carbons (Fsp3) is 0.333. The molecule has 3 aromatic heterocycles. The number of aromatic nitrogens is 2. The largest absolute Gasteiger partial charge is 0.454 e. The molecule has 1 N–H and O–H groups in total. The molecule has 142 valence electrons. The van der Waals surface area contributed by atoms with Gasteiger partial charge in [0.2, 0.25) is 0 Å². The van der Waals surface area contributed by atoms with Gasteiger partial charge in [0, 0.05) is 9.75 Å². The summed E-state index contributed by atoms with van der Waals surface area (Å²) >= 11 is 2.98. The highest BCUT2D eigenvalue weighted by Crippen LogP contribution is 2.25. The average molecular weight is 406 g/mol. The molecule has 0 bridgehead atoms. The van der Waals surface area contributed by atoms with Crippen molar-refractivity contribution >= 4 is 44.8 Å². The summed E-state index contributed by atoms with van der Waals surface area (Å²) in [4.78, 5) is 43.4. The molecule has 0 radical (unpaired) electrons. The number of ether oxygens (including phenoxy) is 1. The van der Waals surface area contributed by atoms with Crippen LogP contribution in [0.1, 0.15) is 28.3 Å². The number of carbonyl (C=O) groups is 2. The SMILES string of the molecule is Cc1sc2ncn(CC(=O)OCC(=O)N[C@H](C)c3cccs3)c(=O)c2c1C. The number of hydrogen-bond donors (Lipinski definition) is 1. The van der Waals surface area contributed by atoms with Crippen molar-refractivity contribution in [2.45, 2.75) is 33.4 Å². The van der Waals surface area contributed by atoms with Gasteiger partial charge in [0.25, 0.3) is 11.5 Å². The van der Waals surface area contributed by atoms with Crippen LogP contribution in [0.3, 0.4) is 0 Å². The Hall–Kier alpha value is -2.52. The van der Waals surface area contributed by atoms with Gasteiger partial charge in [-0.05, 0) is 37.8 Å². The molecule has 0 aliphatic rings. The van der Waals surface area contributed by atoms with Gasteiger partial charge < -0.3 is 10.1 Å². The molecule has 0 aliphatic carbocycles. The van der Waals surface area contributed by atoms with E-state index < -0.39 is 18.5 Å². The van der Waals surface area contributed by atoms with Crippen molar-refractivity contribution in [3.05, 3.63) is 49.5 Å². The lowest BCUT2D eigenvalue weighted by Crippen LogP contribution is -2.32. The number of fused-ring (bicyclic) bond motifs is 1. The van der Waals surface area contributed by atoms with Crippen LogP contribution in [-0.2, 0) is 20.9 Å². The molecule has 9 heteroatoms. The van der Waals surface area contributed by atoms with E-state index in [9.17, 15) is 14.4 Å². The highest BCUT2D eigenvalue weighted by Gasteiger charge is 2.16. The fourth-order valence-corrected chi connectivity index (χ4v) is 4.33. The van der Waals surface area contributed by atoms with Crippen LogP contribution in [0.2, 0.25) is 0 Å². The molecular formula is C18H19N3O4S2. The fourth-order valence-electron chi connectivity index (χ4n) is 2.61. The van der Waals surface area contributed by atoms with Gasteiger partial charge in [-0.1, -0.05) is 6.07 Å². The molecule has 0 saturated heterocycles. The number of thiophene rings is 2. The molecular weight excluding hydrogens is 386 g/mol. The van der Waals surface area contributed by atoms with Crippen molar-refractivity contribution < 1.29 is 14.3 Å². The molecule has 1 amide bonds. The van der Waals surface area contributed by atoms with E-state index in [4.69, 9.17) is 4.74 Å². The molecule has 3 heterocycles. The van der Waals surface area contributed by atoms with E-state index in [1.165, 1.54) is 33.6 Å². The summed E-state index contributed by atoms with van der Waals surface area (Å²) in [5, 5.41) is 5.21. The van der Waals surface area contributed by atoms with E-state index in [0.717, 1.165) is 15.3 Å². The number of aryl methyl sites for hydroxylation is 2. The zero-order valence-electron chi connectivity index (χ0n) is 15.1. The maximum absolute atomic E-state index is 12.6. The van der Waals surface area contributed by atoms with Gasteiger partial charge in [-0.2, -0.15) is 0 Å². The topological polar surface area (TPSA) is 90.3 Å². The van der Waals surface area contributed by atoms with E-state index in [2.05, 4.69) is 10.3 Å². The molecule has 0 aliphatic heterocycles. The van der Waals surface area contributed by atoms with Gasteiger partial charge in [0.05, 0.1) is 17.8 Å². The normalized spacial score (nSPS) is 12.1. The predicted octanol–water partition coefficient (Wildman–Crippen LogP) is 2.56. The van der Waals surface area contributed by atoms with Gasteiger partial charge in [-0.3, -0.25) is 19.0 Å². The molecule has 1 atom stereocenters. The number of nitrogens with one attached hydrogen (secondary N) is 1. The van der Waals surface area contributed by atoms with Crippen LogP contribution in [0.25, 0.3) is 10.2 Å². The number of amides is 1. The lowest BCUT2D eigenvalue weighted by atomic mass is 10.2. The Kier molecular flexibility index (Phi) is 5.71. The molecule has 7 nitrogen and oxygen atoms in total. The summed E-state index contributed by atoms with van der Waals surface area (Å²) in [5.41, 5.74) is 0.590. The smallest absolute Gasteiger partial charge is 0.326 e. The summed E-state index contributed by atoms with van der Waals surface area (Å²) in [6.07, 6.45) is 1.33. The second-order valence-corrected chi connectivity index (χ2v) is 8.29. The van der Waals surface area contributed by atoms with Gasteiger partial charge in [-0.15, -0.1) is 22.7 Å². The van der Waals surface area contributed by atoms with Crippen molar-refractivity contribution in [3.63, 3.8) is 0 Å². The molecule has 3 aromatic rings. The van der Waals surface area contributed by atoms with E-state index in [1.54, 1.807) is 0 Å². The third-order valence-corrected chi connectivity index (χ3v) is 6.34. The summed E-state index contributed by atoms with van der Waals surface area (Å²) in [6.45, 7) is 4.96. The number of carbonyl (C=O) groups excluding carboxylic acids is 2. The van der Waals surface area contributed by atoms with Gasteiger partial charge in [0.1, 0.15) is 11.4 Å². The maximum Gasteiger partial charge on any atom is 0.326 e. The summed E-state index contributed by atoms with van der Waals surface area (Å²) in [7, 11) is 0. The summed E-state index contributed by atoms with van der Waals surface area (Å²) < 4.78 is 6.20. The first-order valence-corrected chi connectivity index (χ1v) is 10.00. The summed E-state index contributed by atoms with van der Waals surface area (Å²) in [5.74, 6) is -1.06. The molecule has 0 spiro atoms. The molecule has 0 unspecified atom stereocenters. The first kappa shape index (κ1) is 19.2. The van der Waals surface area contributed by atoms with Crippen LogP contribution in [-0.4, -0.2) is 28.0 Å². The molecule has 3 rings (SSSR count). The third-order valence-electron chi connectivity index (χ3n) is 4.17. The first-order valence-electron chi connectivity index (χ1n) is 8.30. The Balaban J connectivity index is 1.59. The second-order valence-electron chi connectivity index (χ2n) is 6.11. The average Bonchev–Trinajstić information content (AvgIpc) is 3.25. The lowest BCUT2D eigenvalue weighted by Gasteiger charge is -2.12. The van der Waals surface area contributed by atoms with E-state index >= 15 is 0 Å². The Morgan fingerprint density at radius 2 is 2.15 bits per heavy atom. The van der Waals surface area contributed by atoms with Crippen LogP contribution >= 0.6 is 22.7 Å². The highest BCUT2D eigenvalue weighted by molar-refractivity contribution is 7.18. The zero-order chi connectivity index (χ0) is 19.6. The quantitative estimate of drug-likeness (QED) is 0.637. The Morgan fingerprint density at radius 3 is 2.85 bits per heavy atom. The van der Waals surface area contributed by atoms with Crippen molar-refractivity contribution in [1.29, 1.82) is 0 Å². The van der Waals surface area contributed by atoms with Crippen molar-refractivity contribution in [2.24, 2.45) is 0 Å². The predicted molar refractivity (Wildman–Crippen MR) is 105 cm³/mol. The number of esters is 1. The van der Waals surface area contributed by atoms with Crippen LogP contribution in [0, 0.1) is 13.8 Å². The van der Waals surface area contributed by atoms with Crippen LogP contribution < -0.4 is 10.9 Å². The molecule has 0 aromatic carbocycles. The van der Waals surface area contributed by atoms with Crippen molar-refractivity contribution in [2.75, 3.05) is 6.61 Å². The second kappa shape index (κ2) is 8.01. The molecule has 0 fully saturated rings. The van der Waals surface area contributed by atoms with Crippen molar-refractivity contribution in [3.8, 4) is 0 Å². The number of rotatable bonds is 6. The minimum atomic E-state index is -0.665. The first-order chi connectivity index (χ1) is 12.9. The third kappa shape index (κ3) is 4.25. The molecule has 27 heavy (non-hydrogen) atoms. The van der Waals surface area contributed by atoms with Gasteiger partial charge in [-0.25, -0.2) is 4.98 Å². The van der Waals surface area contributed by atoms with Gasteiger partial charge >= 0.3 is 5.97 Å². The summed E-state index contributed by atoms with van der Waals surface area (Å²) in [6, 6.07) is 3.67. The Bertz CT molecular complexity index is 1040. The van der Waals surface area contributed by atoms with Crippen LogP contribution in [0.15, 0.2) is 28.6 Å². The molecule has 0 saturated carbocycles. The van der Waals surface area contributed by atoms with Crippen molar-refractivity contribution in [1.82, 2.24) is 14.9 Å². The highest BCUT2D eigenvalue weighted by atomic mass is 32.1. The lowest BCUT2D eigenvalue weighted by molar-refractivity contribution is -0.149. The maximum atomic E-state index is 12.6. The minimum absolute atomic E-state index is 0.157.